The molecule has 1 aliphatic carbocycles. The summed E-state index contributed by atoms with van der Waals surface area (Å²) in [5.74, 6) is 1.65. The van der Waals surface area contributed by atoms with Gasteiger partial charge in [0.15, 0.2) is 0 Å². The monoisotopic (exact) mass is 404 g/mol. The van der Waals surface area contributed by atoms with Gasteiger partial charge in [0, 0.05) is 18.7 Å². The zero-order valence-corrected chi connectivity index (χ0v) is 16.9. The third-order valence-corrected chi connectivity index (χ3v) is 4.67. The average Bonchev–Trinajstić information content (AvgIpc) is 3.19. The summed E-state index contributed by atoms with van der Waals surface area (Å²) in [6.45, 7) is 0.959. The molecule has 2 aromatic rings. The molecular formula is C22H29ClN2O3. The van der Waals surface area contributed by atoms with Crippen molar-refractivity contribution in [3.8, 4) is 11.5 Å². The van der Waals surface area contributed by atoms with Gasteiger partial charge in [0.1, 0.15) is 18.1 Å². The molecule has 0 atom stereocenters. The highest BCUT2D eigenvalue weighted by atomic mass is 35.5. The number of anilines is 1. The van der Waals surface area contributed by atoms with Crippen LogP contribution in [0.3, 0.4) is 0 Å². The van der Waals surface area contributed by atoms with E-state index in [4.69, 9.17) is 15.2 Å². The number of hydrogen-bond acceptors (Lipinski definition) is 4. The molecule has 0 saturated heterocycles. The lowest BCUT2D eigenvalue weighted by molar-refractivity contribution is -0.116. The minimum absolute atomic E-state index is 0. The molecule has 1 saturated carbocycles. The van der Waals surface area contributed by atoms with Gasteiger partial charge >= 0.3 is 0 Å². The normalized spacial score (nSPS) is 13.6. The highest BCUT2D eigenvalue weighted by Crippen LogP contribution is 2.25. The molecule has 0 radical (unpaired) electrons. The van der Waals surface area contributed by atoms with E-state index in [2.05, 4.69) is 11.4 Å². The molecule has 0 bridgehead atoms. The maximum Gasteiger partial charge on any atom is 0.224 e. The van der Waals surface area contributed by atoms with Crippen molar-refractivity contribution in [3.63, 3.8) is 0 Å². The van der Waals surface area contributed by atoms with Gasteiger partial charge in [-0.3, -0.25) is 4.79 Å². The van der Waals surface area contributed by atoms with Crippen molar-refractivity contribution in [3.05, 3.63) is 54.1 Å². The van der Waals surface area contributed by atoms with Crippen LogP contribution < -0.4 is 20.5 Å². The predicted octanol–water partition coefficient (Wildman–Crippen LogP) is 4.34. The number of amides is 1. The number of benzene rings is 2. The van der Waals surface area contributed by atoms with Gasteiger partial charge in [-0.15, -0.1) is 12.4 Å². The third-order valence-electron chi connectivity index (χ3n) is 4.67. The van der Waals surface area contributed by atoms with Gasteiger partial charge in [-0.05, 0) is 74.1 Å². The lowest BCUT2D eigenvalue weighted by atomic mass is 10.1. The van der Waals surface area contributed by atoms with Gasteiger partial charge in [0.2, 0.25) is 5.91 Å². The van der Waals surface area contributed by atoms with E-state index in [0.717, 1.165) is 35.6 Å². The summed E-state index contributed by atoms with van der Waals surface area (Å²) in [7, 11) is 0. The van der Waals surface area contributed by atoms with Crippen LogP contribution >= 0.6 is 12.4 Å². The Morgan fingerprint density at radius 1 is 1.07 bits per heavy atom. The van der Waals surface area contributed by atoms with Crippen LogP contribution in [-0.2, 0) is 11.2 Å². The largest absolute Gasteiger partial charge is 0.492 e. The first-order valence-corrected chi connectivity index (χ1v) is 9.71. The number of aryl methyl sites for hydroxylation is 1. The molecule has 0 aromatic heterocycles. The molecule has 6 heteroatoms. The Balaban J connectivity index is 0.00000280. The Kier molecular flexibility index (Phi) is 9.11. The second kappa shape index (κ2) is 11.6. The van der Waals surface area contributed by atoms with Crippen LogP contribution in [0.5, 0.6) is 11.5 Å². The predicted molar refractivity (Wildman–Crippen MR) is 115 cm³/mol. The van der Waals surface area contributed by atoms with Crippen molar-refractivity contribution in [1.82, 2.24) is 0 Å². The molecule has 5 nitrogen and oxygen atoms in total. The molecule has 3 rings (SSSR count). The fraction of sp³-hybridized carbons (Fsp3) is 0.409. The van der Waals surface area contributed by atoms with Crippen LogP contribution in [0.2, 0.25) is 0 Å². The Bertz CT molecular complexity index is 731. The van der Waals surface area contributed by atoms with Crippen LogP contribution in [0, 0.1) is 0 Å². The molecule has 152 valence electrons. The number of nitrogens with two attached hydrogens (primary N) is 1. The van der Waals surface area contributed by atoms with Crippen LogP contribution in [-0.4, -0.2) is 25.2 Å². The molecule has 0 spiro atoms. The van der Waals surface area contributed by atoms with E-state index in [1.165, 1.54) is 12.8 Å². The van der Waals surface area contributed by atoms with Gasteiger partial charge in [-0.2, -0.15) is 0 Å². The van der Waals surface area contributed by atoms with E-state index in [1.54, 1.807) is 0 Å². The second-order valence-electron chi connectivity index (χ2n) is 6.88. The Morgan fingerprint density at radius 2 is 1.82 bits per heavy atom. The highest BCUT2D eigenvalue weighted by Gasteiger charge is 2.16. The van der Waals surface area contributed by atoms with Crippen LogP contribution in [0.4, 0.5) is 5.69 Å². The molecule has 28 heavy (non-hydrogen) atoms. The summed E-state index contributed by atoms with van der Waals surface area (Å²) in [4.78, 5) is 12.2. The van der Waals surface area contributed by atoms with E-state index in [9.17, 15) is 4.79 Å². The first-order valence-electron chi connectivity index (χ1n) is 9.71. The quantitative estimate of drug-likeness (QED) is 0.652. The van der Waals surface area contributed by atoms with E-state index in [1.807, 2.05) is 42.5 Å². The van der Waals surface area contributed by atoms with E-state index in [0.29, 0.717) is 32.1 Å². The molecule has 1 fully saturated rings. The summed E-state index contributed by atoms with van der Waals surface area (Å²) in [5, 5.41) is 2.92. The van der Waals surface area contributed by atoms with Gasteiger partial charge < -0.3 is 20.5 Å². The van der Waals surface area contributed by atoms with Gasteiger partial charge in [0.25, 0.3) is 0 Å². The Hall–Kier alpha value is -2.24. The topological polar surface area (TPSA) is 73.6 Å². The van der Waals surface area contributed by atoms with E-state index >= 15 is 0 Å². The number of carbonyl (C=O) groups is 1. The molecule has 1 amide bonds. The van der Waals surface area contributed by atoms with Crippen molar-refractivity contribution in [2.24, 2.45) is 5.73 Å². The van der Waals surface area contributed by atoms with E-state index < -0.39 is 0 Å². The van der Waals surface area contributed by atoms with E-state index in [-0.39, 0.29) is 18.3 Å². The fourth-order valence-corrected chi connectivity index (χ4v) is 3.27. The average molecular weight is 405 g/mol. The van der Waals surface area contributed by atoms with Gasteiger partial charge in [0.05, 0.1) is 6.10 Å². The number of halogens is 1. The highest BCUT2D eigenvalue weighted by molar-refractivity contribution is 5.90. The molecule has 0 aliphatic heterocycles. The first kappa shape index (κ1) is 22.1. The second-order valence-corrected chi connectivity index (χ2v) is 6.88. The van der Waals surface area contributed by atoms with Crippen molar-refractivity contribution >= 4 is 24.0 Å². The summed E-state index contributed by atoms with van der Waals surface area (Å²) in [5.41, 5.74) is 7.29. The summed E-state index contributed by atoms with van der Waals surface area (Å²) in [6, 6.07) is 15.4. The summed E-state index contributed by atoms with van der Waals surface area (Å²) >= 11 is 0. The molecule has 2 aromatic carbocycles. The molecule has 0 unspecified atom stereocenters. The molecule has 0 heterocycles. The molecule has 1 aliphatic rings. The Labute approximate surface area is 173 Å². The van der Waals surface area contributed by atoms with Crippen molar-refractivity contribution in [1.29, 1.82) is 0 Å². The maximum atomic E-state index is 12.2. The van der Waals surface area contributed by atoms with Crippen molar-refractivity contribution < 1.29 is 14.3 Å². The smallest absolute Gasteiger partial charge is 0.224 e. The number of nitrogens with one attached hydrogen (secondary N) is 1. The lowest BCUT2D eigenvalue weighted by Gasteiger charge is -2.14. The van der Waals surface area contributed by atoms with Gasteiger partial charge in [-0.25, -0.2) is 0 Å². The van der Waals surface area contributed by atoms with Crippen LogP contribution in [0.15, 0.2) is 48.5 Å². The number of ether oxygens (including phenoxy) is 2. The standard InChI is InChI=1S/C22H28N2O3.ClH/c23-14-15-26-19-11-9-18(10-12-19)24-22(25)13-8-17-4-3-7-21(16-17)27-20-5-1-2-6-20;/h3-4,7,9-12,16,20H,1-2,5-6,8,13-15,23H2,(H,24,25);1H. The zero-order chi connectivity index (χ0) is 18.9. The molecular weight excluding hydrogens is 376 g/mol. The van der Waals surface area contributed by atoms with Crippen molar-refractivity contribution in [2.45, 2.75) is 44.6 Å². The lowest BCUT2D eigenvalue weighted by Crippen LogP contribution is -2.13. The number of rotatable bonds is 9. The molecule has 3 N–H and O–H groups in total. The van der Waals surface area contributed by atoms with Crippen LogP contribution in [0.25, 0.3) is 0 Å². The summed E-state index contributed by atoms with van der Waals surface area (Å²) in [6.07, 6.45) is 6.25. The minimum Gasteiger partial charge on any atom is -0.492 e. The maximum absolute atomic E-state index is 12.2. The number of carbonyl (C=O) groups excluding carboxylic acids is 1. The minimum atomic E-state index is -0.00672. The van der Waals surface area contributed by atoms with Crippen LogP contribution in [0.1, 0.15) is 37.7 Å². The fourth-order valence-electron chi connectivity index (χ4n) is 3.27. The third kappa shape index (κ3) is 7.06. The Morgan fingerprint density at radius 3 is 2.54 bits per heavy atom. The number of hydrogen-bond donors (Lipinski definition) is 2. The zero-order valence-electron chi connectivity index (χ0n) is 16.1. The SMILES string of the molecule is Cl.NCCOc1ccc(NC(=O)CCc2cccc(OC3CCCC3)c2)cc1. The van der Waals surface area contributed by atoms with Gasteiger partial charge in [-0.1, -0.05) is 12.1 Å². The summed E-state index contributed by atoms with van der Waals surface area (Å²) < 4.78 is 11.5. The van der Waals surface area contributed by atoms with Crippen molar-refractivity contribution in [2.75, 3.05) is 18.5 Å². The first-order chi connectivity index (χ1) is 13.2.